The molecule has 0 aliphatic heterocycles. The molecule has 0 aromatic heterocycles. The highest BCUT2D eigenvalue weighted by Gasteiger charge is 2.31. The van der Waals surface area contributed by atoms with Crippen LogP contribution in [0.1, 0.15) is 37.3 Å². The number of rotatable bonds is 6. The predicted molar refractivity (Wildman–Crippen MR) is 71.6 cm³/mol. The van der Waals surface area contributed by atoms with E-state index >= 15 is 0 Å². The fourth-order valence-corrected chi connectivity index (χ4v) is 1.98. The van der Waals surface area contributed by atoms with Crippen molar-refractivity contribution in [3.8, 4) is 5.75 Å². The van der Waals surface area contributed by atoms with Crippen LogP contribution in [-0.2, 0) is 12.6 Å². The molecule has 1 aromatic carbocycles. The van der Waals surface area contributed by atoms with Crippen molar-refractivity contribution in [1.29, 1.82) is 0 Å². The fraction of sp³-hybridized carbons (Fsp3) is 0.600. The first-order valence-corrected chi connectivity index (χ1v) is 6.98. The van der Waals surface area contributed by atoms with E-state index < -0.39 is 11.7 Å². The molecule has 2 rings (SSSR count). The fourth-order valence-electron chi connectivity index (χ4n) is 1.98. The van der Waals surface area contributed by atoms with Crippen LogP contribution in [0.3, 0.4) is 0 Å². The van der Waals surface area contributed by atoms with Gasteiger partial charge in [0.25, 0.3) is 0 Å². The van der Waals surface area contributed by atoms with Crippen LogP contribution in [0.2, 0.25) is 0 Å². The lowest BCUT2D eigenvalue weighted by atomic mass is 10.0. The maximum absolute atomic E-state index is 12.8. The number of ether oxygens (including phenoxy) is 1. The van der Waals surface area contributed by atoms with Gasteiger partial charge < -0.3 is 10.5 Å². The summed E-state index contributed by atoms with van der Waals surface area (Å²) in [7, 11) is 0. The molecule has 0 bridgehead atoms. The molecule has 0 radical (unpaired) electrons. The van der Waals surface area contributed by atoms with Gasteiger partial charge in [0.1, 0.15) is 5.75 Å². The Kier molecular flexibility index (Phi) is 4.58. The van der Waals surface area contributed by atoms with E-state index in [0.717, 1.165) is 31.4 Å². The number of alkyl halides is 3. The van der Waals surface area contributed by atoms with Crippen molar-refractivity contribution < 1.29 is 17.9 Å². The zero-order chi connectivity index (χ0) is 14.8. The monoisotopic (exact) mass is 287 g/mol. The molecular formula is C15H20F3NO. The Morgan fingerprint density at radius 1 is 1.35 bits per heavy atom. The van der Waals surface area contributed by atoms with Crippen molar-refractivity contribution in [3.05, 3.63) is 29.3 Å². The second kappa shape index (κ2) is 6.04. The minimum Gasteiger partial charge on any atom is -0.493 e. The third kappa shape index (κ3) is 4.13. The number of hydrogen-bond acceptors (Lipinski definition) is 2. The van der Waals surface area contributed by atoms with Gasteiger partial charge in [0.05, 0.1) is 12.2 Å². The van der Waals surface area contributed by atoms with Gasteiger partial charge in [-0.1, -0.05) is 6.92 Å². The molecule has 1 fully saturated rings. The Morgan fingerprint density at radius 2 is 2.05 bits per heavy atom. The summed E-state index contributed by atoms with van der Waals surface area (Å²) in [6.07, 6.45) is -0.923. The van der Waals surface area contributed by atoms with Gasteiger partial charge in [0.2, 0.25) is 0 Å². The first-order valence-electron chi connectivity index (χ1n) is 6.98. The number of hydrogen-bond donors (Lipinski definition) is 1. The average Bonchev–Trinajstić information content (AvgIpc) is 3.20. The zero-order valence-corrected chi connectivity index (χ0v) is 11.5. The molecule has 20 heavy (non-hydrogen) atoms. The van der Waals surface area contributed by atoms with E-state index in [-0.39, 0.29) is 6.04 Å². The minimum atomic E-state index is -4.33. The van der Waals surface area contributed by atoms with Gasteiger partial charge in [0, 0.05) is 6.04 Å². The summed E-state index contributed by atoms with van der Waals surface area (Å²) in [5.74, 6) is 1.10. The van der Waals surface area contributed by atoms with Crippen LogP contribution in [0.5, 0.6) is 5.75 Å². The van der Waals surface area contributed by atoms with E-state index in [1.54, 1.807) is 0 Å². The normalized spacial score (nSPS) is 17.1. The highest BCUT2D eigenvalue weighted by Crippen LogP contribution is 2.34. The summed E-state index contributed by atoms with van der Waals surface area (Å²) >= 11 is 0. The number of halogens is 3. The standard InChI is InChI=1S/C15H20F3NO/c1-2-13(19)8-11-7-12(15(16,17)18)5-6-14(11)20-9-10-3-4-10/h5-7,10,13H,2-4,8-9,19H2,1H3. The highest BCUT2D eigenvalue weighted by atomic mass is 19.4. The second-order valence-corrected chi connectivity index (χ2v) is 5.45. The van der Waals surface area contributed by atoms with Crippen LogP contribution in [-0.4, -0.2) is 12.6 Å². The summed E-state index contributed by atoms with van der Waals surface area (Å²) in [5.41, 5.74) is 5.77. The maximum Gasteiger partial charge on any atom is 0.416 e. The summed E-state index contributed by atoms with van der Waals surface area (Å²) in [6.45, 7) is 2.50. The lowest BCUT2D eigenvalue weighted by molar-refractivity contribution is -0.137. The second-order valence-electron chi connectivity index (χ2n) is 5.45. The topological polar surface area (TPSA) is 35.2 Å². The molecule has 112 valence electrons. The smallest absolute Gasteiger partial charge is 0.416 e. The quantitative estimate of drug-likeness (QED) is 0.864. The van der Waals surface area contributed by atoms with Gasteiger partial charge in [-0.05, 0) is 55.4 Å². The van der Waals surface area contributed by atoms with Gasteiger partial charge in [-0.2, -0.15) is 13.2 Å². The Morgan fingerprint density at radius 3 is 2.60 bits per heavy atom. The molecule has 1 saturated carbocycles. The molecule has 0 heterocycles. The molecule has 1 aromatic rings. The molecule has 1 unspecified atom stereocenters. The van der Waals surface area contributed by atoms with E-state index in [9.17, 15) is 13.2 Å². The van der Waals surface area contributed by atoms with E-state index in [1.165, 1.54) is 6.07 Å². The molecule has 2 N–H and O–H groups in total. The summed E-state index contributed by atoms with van der Waals surface area (Å²) in [5, 5.41) is 0. The van der Waals surface area contributed by atoms with Crippen LogP contribution in [0.4, 0.5) is 13.2 Å². The lowest BCUT2D eigenvalue weighted by Crippen LogP contribution is -2.22. The van der Waals surface area contributed by atoms with E-state index in [1.807, 2.05) is 6.92 Å². The molecule has 0 spiro atoms. The van der Waals surface area contributed by atoms with Gasteiger partial charge in [-0.3, -0.25) is 0 Å². The van der Waals surface area contributed by atoms with Crippen LogP contribution in [0.15, 0.2) is 18.2 Å². The maximum atomic E-state index is 12.8. The summed E-state index contributed by atoms with van der Waals surface area (Å²) < 4.78 is 44.0. The molecule has 2 nitrogen and oxygen atoms in total. The number of benzene rings is 1. The third-order valence-electron chi connectivity index (χ3n) is 3.57. The van der Waals surface area contributed by atoms with Crippen molar-refractivity contribution in [2.75, 3.05) is 6.61 Å². The Balaban J connectivity index is 2.19. The van der Waals surface area contributed by atoms with Gasteiger partial charge in [-0.25, -0.2) is 0 Å². The molecule has 5 heteroatoms. The Labute approximate surface area is 117 Å². The molecule has 1 aliphatic carbocycles. The van der Waals surface area contributed by atoms with Crippen LogP contribution >= 0.6 is 0 Å². The molecule has 1 aliphatic rings. The lowest BCUT2D eigenvalue weighted by Gasteiger charge is -2.16. The van der Waals surface area contributed by atoms with Crippen LogP contribution < -0.4 is 10.5 Å². The molecule has 1 atom stereocenters. The Bertz CT molecular complexity index is 455. The summed E-state index contributed by atoms with van der Waals surface area (Å²) in [6, 6.07) is 3.51. The van der Waals surface area contributed by atoms with E-state index in [0.29, 0.717) is 30.3 Å². The highest BCUT2D eigenvalue weighted by molar-refractivity contribution is 5.39. The van der Waals surface area contributed by atoms with Crippen molar-refractivity contribution >= 4 is 0 Å². The third-order valence-corrected chi connectivity index (χ3v) is 3.57. The molecule has 0 saturated heterocycles. The minimum absolute atomic E-state index is 0.151. The largest absolute Gasteiger partial charge is 0.493 e. The van der Waals surface area contributed by atoms with Crippen LogP contribution in [0, 0.1) is 5.92 Å². The van der Waals surface area contributed by atoms with Crippen molar-refractivity contribution in [3.63, 3.8) is 0 Å². The summed E-state index contributed by atoms with van der Waals surface area (Å²) in [4.78, 5) is 0. The van der Waals surface area contributed by atoms with Crippen molar-refractivity contribution in [2.24, 2.45) is 11.7 Å². The van der Waals surface area contributed by atoms with Gasteiger partial charge in [-0.15, -0.1) is 0 Å². The van der Waals surface area contributed by atoms with Crippen molar-refractivity contribution in [2.45, 2.75) is 44.8 Å². The van der Waals surface area contributed by atoms with Crippen molar-refractivity contribution in [1.82, 2.24) is 0 Å². The van der Waals surface area contributed by atoms with E-state index in [2.05, 4.69) is 0 Å². The SMILES string of the molecule is CCC(N)Cc1cc(C(F)(F)F)ccc1OCC1CC1. The molecule has 0 amide bonds. The van der Waals surface area contributed by atoms with Gasteiger partial charge in [0.15, 0.2) is 0 Å². The average molecular weight is 287 g/mol. The van der Waals surface area contributed by atoms with Gasteiger partial charge >= 0.3 is 6.18 Å². The van der Waals surface area contributed by atoms with Crippen LogP contribution in [0.25, 0.3) is 0 Å². The zero-order valence-electron chi connectivity index (χ0n) is 11.5. The van der Waals surface area contributed by atoms with E-state index in [4.69, 9.17) is 10.5 Å². The number of nitrogens with two attached hydrogens (primary N) is 1. The molecular weight excluding hydrogens is 267 g/mol. The first kappa shape index (κ1) is 15.2. The predicted octanol–water partition coefficient (Wildman–Crippen LogP) is 3.77. The first-order chi connectivity index (χ1) is 9.40. The Hall–Kier alpha value is -1.23.